The molecule has 1 amide bonds. The fourth-order valence-corrected chi connectivity index (χ4v) is 3.01. The largest absolute Gasteiger partial charge is 0.488 e. The maximum Gasteiger partial charge on any atom is 0.250 e. The summed E-state index contributed by atoms with van der Waals surface area (Å²) in [5.41, 5.74) is 4.58. The van der Waals surface area contributed by atoms with Crippen LogP contribution in [0.15, 0.2) is 28.2 Å². The van der Waals surface area contributed by atoms with E-state index in [0.717, 1.165) is 32.7 Å². The summed E-state index contributed by atoms with van der Waals surface area (Å²) >= 11 is 3.43. The van der Waals surface area contributed by atoms with Gasteiger partial charge in [-0.2, -0.15) is 5.10 Å². The van der Waals surface area contributed by atoms with E-state index in [1.54, 1.807) is 0 Å². The Balaban J connectivity index is 1.74. The zero-order valence-corrected chi connectivity index (χ0v) is 14.9. The third-order valence-corrected chi connectivity index (χ3v) is 4.55. The molecule has 1 N–H and O–H groups in total. The van der Waals surface area contributed by atoms with Gasteiger partial charge < -0.3 is 10.1 Å². The predicted octanol–water partition coefficient (Wildman–Crippen LogP) is 2.89. The van der Waals surface area contributed by atoms with Crippen LogP contribution in [0.5, 0.6) is 5.75 Å². The Morgan fingerprint density at radius 2 is 2.22 bits per heavy atom. The molecule has 0 saturated heterocycles. The third-order valence-electron chi connectivity index (χ3n) is 4.06. The number of ether oxygens (including phenoxy) is 1. The van der Waals surface area contributed by atoms with Gasteiger partial charge in [-0.1, -0.05) is 15.9 Å². The van der Waals surface area contributed by atoms with Gasteiger partial charge >= 0.3 is 0 Å². The summed E-state index contributed by atoms with van der Waals surface area (Å²) in [6.07, 6.45) is 1.88. The molecule has 0 saturated carbocycles. The molecule has 2 aromatic rings. The lowest BCUT2D eigenvalue weighted by atomic mass is 10.1. The molecule has 2 heterocycles. The second-order valence-electron chi connectivity index (χ2n) is 5.60. The Morgan fingerprint density at radius 1 is 1.43 bits per heavy atom. The molecule has 1 aromatic carbocycles. The first-order chi connectivity index (χ1) is 11.0. The normalized spacial score (nSPS) is 13.1. The molecule has 5 nitrogen and oxygen atoms in total. The molecule has 0 fully saturated rings. The minimum atomic E-state index is -0.113. The van der Waals surface area contributed by atoms with Crippen molar-refractivity contribution in [3.63, 3.8) is 0 Å². The van der Waals surface area contributed by atoms with E-state index in [-0.39, 0.29) is 12.5 Å². The Bertz CT molecular complexity index is 808. The molecule has 1 aliphatic rings. The van der Waals surface area contributed by atoms with Crippen molar-refractivity contribution in [3.05, 3.63) is 50.8 Å². The van der Waals surface area contributed by atoms with Gasteiger partial charge in [-0.05, 0) is 38.1 Å². The quantitative estimate of drug-likeness (QED) is 0.896. The minimum absolute atomic E-state index is 0.113. The molecule has 6 heteroatoms. The summed E-state index contributed by atoms with van der Waals surface area (Å²) in [6.45, 7) is 4.70. The first-order valence-electron chi connectivity index (χ1n) is 7.36. The molecule has 0 radical (unpaired) electrons. The number of nitrogens with one attached hydrogen (secondary N) is 1. The second-order valence-corrected chi connectivity index (χ2v) is 6.51. The number of aryl methyl sites for hydroxylation is 2. The number of carbonyl (C=O) groups excluding carboxylic acids is 1. The van der Waals surface area contributed by atoms with E-state index in [0.29, 0.717) is 12.1 Å². The van der Waals surface area contributed by atoms with Gasteiger partial charge in [-0.3, -0.25) is 9.48 Å². The van der Waals surface area contributed by atoms with Crippen LogP contribution in [-0.2, 0) is 18.4 Å². The summed E-state index contributed by atoms with van der Waals surface area (Å²) in [6, 6.07) is 5.76. The number of halogens is 1. The van der Waals surface area contributed by atoms with E-state index in [9.17, 15) is 4.79 Å². The highest BCUT2D eigenvalue weighted by molar-refractivity contribution is 9.10. The topological polar surface area (TPSA) is 56.2 Å². The van der Waals surface area contributed by atoms with E-state index >= 15 is 0 Å². The van der Waals surface area contributed by atoms with Crippen molar-refractivity contribution in [2.45, 2.75) is 20.4 Å². The van der Waals surface area contributed by atoms with E-state index in [1.165, 1.54) is 0 Å². The van der Waals surface area contributed by atoms with Crippen LogP contribution in [0.2, 0.25) is 0 Å². The van der Waals surface area contributed by atoms with Gasteiger partial charge in [-0.15, -0.1) is 0 Å². The minimum Gasteiger partial charge on any atom is -0.488 e. The maximum absolute atomic E-state index is 12.4. The molecule has 23 heavy (non-hydrogen) atoms. The molecule has 0 unspecified atom stereocenters. The number of nitrogens with zero attached hydrogens (tertiary/aromatic N) is 2. The average molecular weight is 376 g/mol. The van der Waals surface area contributed by atoms with Crippen molar-refractivity contribution >= 4 is 27.9 Å². The number of fused-ring (bicyclic) bond motifs is 1. The van der Waals surface area contributed by atoms with Crippen LogP contribution in [-0.4, -0.2) is 22.3 Å². The van der Waals surface area contributed by atoms with Gasteiger partial charge in [0.05, 0.1) is 11.3 Å². The van der Waals surface area contributed by atoms with Crippen LogP contribution in [0.3, 0.4) is 0 Å². The van der Waals surface area contributed by atoms with Crippen molar-refractivity contribution < 1.29 is 9.53 Å². The van der Waals surface area contributed by atoms with Gasteiger partial charge in [0.15, 0.2) is 0 Å². The Labute approximate surface area is 143 Å². The standard InChI is InChI=1S/C17H18BrN3O2/c1-10-15(11(2)21(3)20-10)8-19-17(22)13-6-12-7-14(18)4-5-16(12)23-9-13/h4-7H,8-9H2,1-3H3,(H,19,22). The second kappa shape index (κ2) is 6.20. The molecule has 1 aliphatic heterocycles. The molecular weight excluding hydrogens is 358 g/mol. The Hall–Kier alpha value is -2.08. The van der Waals surface area contributed by atoms with Gasteiger partial charge in [0.2, 0.25) is 0 Å². The summed E-state index contributed by atoms with van der Waals surface area (Å²) in [5, 5.41) is 7.32. The lowest BCUT2D eigenvalue weighted by molar-refractivity contribution is -0.117. The van der Waals surface area contributed by atoms with Crippen LogP contribution in [0.1, 0.15) is 22.5 Å². The molecule has 0 bridgehead atoms. The fourth-order valence-electron chi connectivity index (χ4n) is 2.64. The van der Waals surface area contributed by atoms with Crippen molar-refractivity contribution in [3.8, 4) is 5.75 Å². The van der Waals surface area contributed by atoms with Crippen molar-refractivity contribution in [1.82, 2.24) is 15.1 Å². The van der Waals surface area contributed by atoms with E-state index in [1.807, 2.05) is 49.9 Å². The van der Waals surface area contributed by atoms with E-state index in [4.69, 9.17) is 4.74 Å². The zero-order chi connectivity index (χ0) is 16.6. The van der Waals surface area contributed by atoms with Crippen LogP contribution in [0.4, 0.5) is 0 Å². The fraction of sp³-hybridized carbons (Fsp3) is 0.294. The molecule has 0 spiro atoms. The predicted molar refractivity (Wildman–Crippen MR) is 92.1 cm³/mol. The molecule has 3 rings (SSSR count). The Kier molecular flexibility index (Phi) is 4.26. The maximum atomic E-state index is 12.4. The van der Waals surface area contributed by atoms with Crippen molar-refractivity contribution in [2.75, 3.05) is 6.61 Å². The Morgan fingerprint density at radius 3 is 2.91 bits per heavy atom. The van der Waals surface area contributed by atoms with Gasteiger partial charge in [0.25, 0.3) is 5.91 Å². The highest BCUT2D eigenvalue weighted by Gasteiger charge is 2.18. The zero-order valence-electron chi connectivity index (χ0n) is 13.3. The smallest absolute Gasteiger partial charge is 0.250 e. The third kappa shape index (κ3) is 3.17. The lowest BCUT2D eigenvalue weighted by Gasteiger charge is -2.18. The number of hydrogen-bond acceptors (Lipinski definition) is 3. The monoisotopic (exact) mass is 375 g/mol. The molecule has 0 aliphatic carbocycles. The molecule has 0 atom stereocenters. The van der Waals surface area contributed by atoms with Gasteiger partial charge in [0, 0.05) is 34.9 Å². The summed E-state index contributed by atoms with van der Waals surface area (Å²) in [4.78, 5) is 12.4. The van der Waals surface area contributed by atoms with E-state index < -0.39 is 0 Å². The number of benzene rings is 1. The van der Waals surface area contributed by atoms with Gasteiger partial charge in [-0.25, -0.2) is 0 Å². The van der Waals surface area contributed by atoms with Crippen LogP contribution in [0.25, 0.3) is 6.08 Å². The van der Waals surface area contributed by atoms with Crippen molar-refractivity contribution in [2.24, 2.45) is 7.05 Å². The highest BCUT2D eigenvalue weighted by Crippen LogP contribution is 2.29. The number of amides is 1. The van der Waals surface area contributed by atoms with Crippen LogP contribution >= 0.6 is 15.9 Å². The van der Waals surface area contributed by atoms with Crippen molar-refractivity contribution in [1.29, 1.82) is 0 Å². The van der Waals surface area contributed by atoms with Crippen LogP contribution in [0, 0.1) is 13.8 Å². The van der Waals surface area contributed by atoms with Gasteiger partial charge in [0.1, 0.15) is 12.4 Å². The summed E-state index contributed by atoms with van der Waals surface area (Å²) < 4.78 is 8.43. The number of carbonyl (C=O) groups is 1. The SMILES string of the molecule is Cc1nn(C)c(C)c1CNC(=O)C1=Cc2cc(Br)ccc2OC1. The number of rotatable bonds is 3. The molecule has 1 aromatic heterocycles. The lowest BCUT2D eigenvalue weighted by Crippen LogP contribution is -2.28. The number of aromatic nitrogens is 2. The summed E-state index contributed by atoms with van der Waals surface area (Å²) in [5.74, 6) is 0.682. The van der Waals surface area contributed by atoms with Crippen LogP contribution < -0.4 is 10.1 Å². The summed E-state index contributed by atoms with van der Waals surface area (Å²) in [7, 11) is 1.90. The highest BCUT2D eigenvalue weighted by atomic mass is 79.9. The molecular formula is C17H18BrN3O2. The number of hydrogen-bond donors (Lipinski definition) is 1. The van der Waals surface area contributed by atoms with E-state index in [2.05, 4.69) is 26.3 Å². The first kappa shape index (κ1) is 15.8. The first-order valence-corrected chi connectivity index (χ1v) is 8.15. The average Bonchev–Trinajstić information content (AvgIpc) is 2.77. The molecule has 120 valence electrons.